The summed E-state index contributed by atoms with van der Waals surface area (Å²) in [6.07, 6.45) is 1.24. The van der Waals surface area contributed by atoms with E-state index in [1.54, 1.807) is 6.07 Å². The van der Waals surface area contributed by atoms with Crippen molar-refractivity contribution in [2.75, 3.05) is 19.8 Å². The summed E-state index contributed by atoms with van der Waals surface area (Å²) in [5.74, 6) is 1.46. The minimum Gasteiger partial charge on any atom is -0.486 e. The lowest BCUT2D eigenvalue weighted by Gasteiger charge is -2.20. The van der Waals surface area contributed by atoms with Gasteiger partial charge in [0, 0.05) is 12.5 Å². The molecule has 3 rings (SSSR count). The van der Waals surface area contributed by atoms with Gasteiger partial charge < -0.3 is 14.8 Å². The monoisotopic (exact) mass is 359 g/mol. The predicted molar refractivity (Wildman–Crippen MR) is 98.6 cm³/mol. The predicted octanol–water partition coefficient (Wildman–Crippen LogP) is 3.96. The Hall–Kier alpha value is -2.20. The van der Waals surface area contributed by atoms with Gasteiger partial charge in [0.1, 0.15) is 13.2 Å². The van der Waals surface area contributed by atoms with Crippen molar-refractivity contribution in [2.45, 2.75) is 25.7 Å². The van der Waals surface area contributed by atoms with E-state index in [0.29, 0.717) is 42.2 Å². The van der Waals surface area contributed by atoms with E-state index in [0.717, 1.165) is 12.0 Å². The molecule has 2 aromatic carbocycles. The van der Waals surface area contributed by atoms with Crippen molar-refractivity contribution in [3.05, 3.63) is 58.6 Å². The van der Waals surface area contributed by atoms with Crippen LogP contribution in [0.4, 0.5) is 0 Å². The van der Waals surface area contributed by atoms with Crippen LogP contribution in [0.2, 0.25) is 5.02 Å². The maximum Gasteiger partial charge on any atom is 0.224 e. The zero-order chi connectivity index (χ0) is 17.6. The first-order chi connectivity index (χ1) is 12.2. The first-order valence-electron chi connectivity index (χ1n) is 8.57. The molecular weight excluding hydrogens is 338 g/mol. The fraction of sp³-hybridized carbons (Fsp3) is 0.350. The molecule has 0 aliphatic carbocycles. The highest BCUT2D eigenvalue weighted by Gasteiger charge is 2.18. The highest BCUT2D eigenvalue weighted by Crippen LogP contribution is 2.38. The van der Waals surface area contributed by atoms with Crippen molar-refractivity contribution in [1.82, 2.24) is 5.32 Å². The van der Waals surface area contributed by atoms with Gasteiger partial charge in [-0.2, -0.15) is 0 Å². The molecule has 0 saturated carbocycles. The lowest BCUT2D eigenvalue weighted by atomic mass is 9.96. The Morgan fingerprint density at radius 2 is 1.96 bits per heavy atom. The molecule has 4 nitrogen and oxygen atoms in total. The zero-order valence-corrected chi connectivity index (χ0v) is 15.0. The van der Waals surface area contributed by atoms with E-state index < -0.39 is 0 Å². The minimum absolute atomic E-state index is 0.0258. The summed E-state index contributed by atoms with van der Waals surface area (Å²) in [6, 6.07) is 13.8. The minimum atomic E-state index is -0.0258. The summed E-state index contributed by atoms with van der Waals surface area (Å²) in [6.45, 7) is 3.74. The van der Waals surface area contributed by atoms with Crippen molar-refractivity contribution in [3.63, 3.8) is 0 Å². The van der Waals surface area contributed by atoms with Crippen LogP contribution in [0.15, 0.2) is 42.5 Å². The molecule has 2 aromatic rings. The van der Waals surface area contributed by atoms with Crippen LogP contribution in [-0.4, -0.2) is 25.7 Å². The van der Waals surface area contributed by atoms with Gasteiger partial charge in [-0.1, -0.05) is 48.9 Å². The number of nitrogens with one attached hydrogen (secondary N) is 1. The van der Waals surface area contributed by atoms with E-state index in [1.807, 2.05) is 24.3 Å². The number of hydrogen-bond acceptors (Lipinski definition) is 3. The molecule has 1 N–H and O–H groups in total. The largest absolute Gasteiger partial charge is 0.486 e. The molecule has 0 radical (unpaired) electrons. The molecule has 5 heteroatoms. The standard InChI is InChI=1S/C20H22ClNO3/c1-2-15(16-6-4-3-5-7-16)13-22-19(23)12-14-10-17(21)20-18(11-14)24-8-9-25-20/h3-7,10-11,15H,2,8-9,12-13H2,1H3,(H,22,23). The fourth-order valence-corrected chi connectivity index (χ4v) is 3.26. The highest BCUT2D eigenvalue weighted by atomic mass is 35.5. The van der Waals surface area contributed by atoms with Gasteiger partial charge in [-0.25, -0.2) is 0 Å². The van der Waals surface area contributed by atoms with Crippen LogP contribution < -0.4 is 14.8 Å². The molecular formula is C20H22ClNO3. The van der Waals surface area contributed by atoms with Crippen molar-refractivity contribution < 1.29 is 14.3 Å². The Balaban J connectivity index is 1.60. The van der Waals surface area contributed by atoms with E-state index in [-0.39, 0.29) is 12.3 Å². The molecule has 1 unspecified atom stereocenters. The van der Waals surface area contributed by atoms with Gasteiger partial charge in [0.05, 0.1) is 11.4 Å². The van der Waals surface area contributed by atoms with Crippen LogP contribution >= 0.6 is 11.6 Å². The van der Waals surface area contributed by atoms with Crippen LogP contribution in [0.3, 0.4) is 0 Å². The molecule has 1 amide bonds. The Bertz CT molecular complexity index is 733. The Morgan fingerprint density at radius 3 is 2.72 bits per heavy atom. The molecule has 0 aromatic heterocycles. The number of benzene rings is 2. The molecule has 132 valence electrons. The second kappa shape index (κ2) is 8.26. The number of carbonyl (C=O) groups is 1. The third-order valence-electron chi connectivity index (χ3n) is 4.33. The lowest BCUT2D eigenvalue weighted by molar-refractivity contribution is -0.120. The number of fused-ring (bicyclic) bond motifs is 1. The van der Waals surface area contributed by atoms with Crippen molar-refractivity contribution in [2.24, 2.45) is 0 Å². The Labute approximate surface area is 153 Å². The summed E-state index contributed by atoms with van der Waals surface area (Å²) >= 11 is 6.22. The molecule has 0 spiro atoms. The van der Waals surface area contributed by atoms with Crippen molar-refractivity contribution in [1.29, 1.82) is 0 Å². The maximum absolute atomic E-state index is 12.3. The summed E-state index contributed by atoms with van der Waals surface area (Å²) < 4.78 is 11.1. The third-order valence-corrected chi connectivity index (χ3v) is 4.61. The summed E-state index contributed by atoms with van der Waals surface area (Å²) in [5.41, 5.74) is 2.06. The highest BCUT2D eigenvalue weighted by molar-refractivity contribution is 6.32. The fourth-order valence-electron chi connectivity index (χ4n) is 2.97. The van der Waals surface area contributed by atoms with Gasteiger partial charge in [-0.05, 0) is 29.7 Å². The third kappa shape index (κ3) is 4.45. The summed E-state index contributed by atoms with van der Waals surface area (Å²) in [7, 11) is 0. The number of amides is 1. The van der Waals surface area contributed by atoms with E-state index in [2.05, 4.69) is 24.4 Å². The molecule has 1 aliphatic heterocycles. The van der Waals surface area contributed by atoms with Gasteiger partial charge in [0.25, 0.3) is 0 Å². The van der Waals surface area contributed by atoms with Crippen LogP contribution in [-0.2, 0) is 11.2 Å². The average Bonchev–Trinajstić information content (AvgIpc) is 2.63. The smallest absolute Gasteiger partial charge is 0.224 e. The van der Waals surface area contributed by atoms with Crippen LogP contribution in [0.1, 0.15) is 30.4 Å². The van der Waals surface area contributed by atoms with E-state index in [1.165, 1.54) is 5.56 Å². The molecule has 0 bridgehead atoms. The molecule has 0 fully saturated rings. The molecule has 0 saturated heterocycles. The van der Waals surface area contributed by atoms with Gasteiger partial charge >= 0.3 is 0 Å². The second-order valence-corrected chi connectivity index (χ2v) is 6.51. The van der Waals surface area contributed by atoms with E-state index in [4.69, 9.17) is 21.1 Å². The van der Waals surface area contributed by atoms with Gasteiger partial charge in [0.15, 0.2) is 11.5 Å². The van der Waals surface area contributed by atoms with Gasteiger partial charge in [-0.15, -0.1) is 0 Å². The topological polar surface area (TPSA) is 47.6 Å². The average molecular weight is 360 g/mol. The van der Waals surface area contributed by atoms with Gasteiger partial charge in [0.2, 0.25) is 5.91 Å². The van der Waals surface area contributed by atoms with Crippen molar-refractivity contribution >= 4 is 17.5 Å². The normalized spacial score (nSPS) is 14.0. The maximum atomic E-state index is 12.3. The Morgan fingerprint density at radius 1 is 1.20 bits per heavy atom. The number of halogens is 1. The van der Waals surface area contributed by atoms with Crippen LogP contribution in [0, 0.1) is 0 Å². The molecule has 25 heavy (non-hydrogen) atoms. The zero-order valence-electron chi connectivity index (χ0n) is 14.3. The van der Waals surface area contributed by atoms with Crippen molar-refractivity contribution in [3.8, 4) is 11.5 Å². The quantitative estimate of drug-likeness (QED) is 0.849. The first kappa shape index (κ1) is 17.6. The van der Waals surface area contributed by atoms with E-state index in [9.17, 15) is 4.79 Å². The van der Waals surface area contributed by atoms with Crippen LogP contribution in [0.5, 0.6) is 11.5 Å². The summed E-state index contributed by atoms with van der Waals surface area (Å²) in [4.78, 5) is 12.3. The van der Waals surface area contributed by atoms with Gasteiger partial charge in [-0.3, -0.25) is 4.79 Å². The number of carbonyl (C=O) groups excluding carboxylic acids is 1. The Kier molecular flexibility index (Phi) is 5.82. The molecule has 1 heterocycles. The molecule has 1 atom stereocenters. The second-order valence-electron chi connectivity index (χ2n) is 6.10. The van der Waals surface area contributed by atoms with E-state index >= 15 is 0 Å². The number of ether oxygens (including phenoxy) is 2. The number of hydrogen-bond donors (Lipinski definition) is 1. The molecule has 1 aliphatic rings. The SMILES string of the molecule is CCC(CNC(=O)Cc1cc(Cl)c2c(c1)OCCO2)c1ccccc1. The lowest BCUT2D eigenvalue weighted by Crippen LogP contribution is -2.29. The summed E-state index contributed by atoms with van der Waals surface area (Å²) in [5, 5.41) is 3.51. The first-order valence-corrected chi connectivity index (χ1v) is 8.94. The number of rotatable bonds is 6. The van der Waals surface area contributed by atoms with Crippen LogP contribution in [0.25, 0.3) is 0 Å².